The summed E-state index contributed by atoms with van der Waals surface area (Å²) in [5, 5.41) is 0. The van der Waals surface area contributed by atoms with Gasteiger partial charge in [0.2, 0.25) is 5.43 Å². The van der Waals surface area contributed by atoms with E-state index in [0.29, 0.717) is 5.69 Å². The molecule has 0 saturated heterocycles. The normalized spacial score (nSPS) is 15.7. The molecule has 1 unspecified atom stereocenters. The second kappa shape index (κ2) is 7.15. The highest BCUT2D eigenvalue weighted by Crippen LogP contribution is 2.45. The summed E-state index contributed by atoms with van der Waals surface area (Å²) in [6, 6.07) is 6.07. The molecule has 1 aromatic heterocycles. The van der Waals surface area contributed by atoms with Crippen LogP contribution >= 0.6 is 15.9 Å². The van der Waals surface area contributed by atoms with E-state index in [1.807, 2.05) is 16.7 Å². The van der Waals surface area contributed by atoms with Crippen molar-refractivity contribution < 1.29 is 14.3 Å². The summed E-state index contributed by atoms with van der Waals surface area (Å²) in [4.78, 5) is 25.3. The molecule has 0 N–H and O–H groups in total. The zero-order chi connectivity index (χ0) is 19.9. The van der Waals surface area contributed by atoms with Crippen molar-refractivity contribution >= 4 is 21.9 Å². The van der Waals surface area contributed by atoms with Crippen molar-refractivity contribution in [1.29, 1.82) is 0 Å². The van der Waals surface area contributed by atoms with Crippen LogP contribution in [0.3, 0.4) is 0 Å². The smallest absolute Gasteiger partial charge is 0.343 e. The number of esters is 1. The zero-order valence-corrected chi connectivity index (χ0v) is 17.8. The van der Waals surface area contributed by atoms with Crippen molar-refractivity contribution in [1.82, 2.24) is 4.57 Å². The van der Waals surface area contributed by atoms with Gasteiger partial charge in [0.1, 0.15) is 5.56 Å². The van der Waals surface area contributed by atoms with Crippen LogP contribution in [-0.2, 0) is 11.2 Å². The maximum absolute atomic E-state index is 13.0. The Morgan fingerprint density at radius 2 is 2.04 bits per heavy atom. The maximum Gasteiger partial charge on any atom is 0.343 e. The number of methoxy groups -OCH3 is 1. The van der Waals surface area contributed by atoms with Crippen molar-refractivity contribution in [2.45, 2.75) is 40.2 Å². The predicted octanol–water partition coefficient (Wildman–Crippen LogP) is 4.61. The number of pyridine rings is 1. The molecule has 0 bridgehead atoms. The van der Waals surface area contributed by atoms with E-state index in [1.54, 1.807) is 13.1 Å². The summed E-state index contributed by atoms with van der Waals surface area (Å²) < 4.78 is 13.6. The first-order valence-electron chi connectivity index (χ1n) is 8.98. The third kappa shape index (κ3) is 3.43. The molecule has 0 saturated carbocycles. The molecule has 6 heteroatoms. The molecule has 3 rings (SSSR count). The fourth-order valence-electron chi connectivity index (χ4n) is 3.65. The molecule has 2 heterocycles. The SMILES string of the molecule is CCOC(=O)c1cn2c(c(OC)c1=O)-c1ccc(Br)cc1CC2C(C)(C)C. The Bertz CT molecular complexity index is 956. The number of benzene rings is 1. The predicted molar refractivity (Wildman–Crippen MR) is 109 cm³/mol. The van der Waals surface area contributed by atoms with Gasteiger partial charge in [0.25, 0.3) is 0 Å². The van der Waals surface area contributed by atoms with E-state index in [2.05, 4.69) is 42.8 Å². The summed E-state index contributed by atoms with van der Waals surface area (Å²) in [7, 11) is 1.46. The third-order valence-electron chi connectivity index (χ3n) is 4.96. The Kier molecular flexibility index (Phi) is 5.21. The number of halogens is 1. The Morgan fingerprint density at radius 1 is 1.33 bits per heavy atom. The van der Waals surface area contributed by atoms with Crippen LogP contribution in [0.4, 0.5) is 0 Å². The number of nitrogens with zero attached hydrogens (tertiary/aromatic N) is 1. The third-order valence-corrected chi connectivity index (χ3v) is 5.46. The van der Waals surface area contributed by atoms with Gasteiger partial charge in [0, 0.05) is 22.3 Å². The van der Waals surface area contributed by atoms with Gasteiger partial charge in [-0.25, -0.2) is 4.79 Å². The molecule has 144 valence electrons. The van der Waals surface area contributed by atoms with E-state index < -0.39 is 11.4 Å². The van der Waals surface area contributed by atoms with Gasteiger partial charge in [-0.05, 0) is 36.5 Å². The summed E-state index contributed by atoms with van der Waals surface area (Å²) in [5.41, 5.74) is 2.27. The zero-order valence-electron chi connectivity index (χ0n) is 16.3. The van der Waals surface area contributed by atoms with Crippen molar-refractivity contribution in [3.63, 3.8) is 0 Å². The molecule has 2 aromatic rings. The van der Waals surface area contributed by atoms with Crippen LogP contribution in [0.25, 0.3) is 11.3 Å². The van der Waals surface area contributed by atoms with Gasteiger partial charge in [0.15, 0.2) is 5.75 Å². The Labute approximate surface area is 167 Å². The molecular formula is C21H24BrNO4. The number of rotatable bonds is 3. The number of aromatic nitrogens is 1. The first kappa shape index (κ1) is 19.7. The van der Waals surface area contributed by atoms with Gasteiger partial charge < -0.3 is 14.0 Å². The Hall–Kier alpha value is -2.08. The first-order valence-corrected chi connectivity index (χ1v) is 9.77. The van der Waals surface area contributed by atoms with E-state index in [4.69, 9.17) is 9.47 Å². The van der Waals surface area contributed by atoms with E-state index >= 15 is 0 Å². The molecule has 1 aliphatic heterocycles. The van der Waals surface area contributed by atoms with E-state index in [9.17, 15) is 9.59 Å². The van der Waals surface area contributed by atoms with Crippen molar-refractivity contribution in [3.05, 3.63) is 50.2 Å². The topological polar surface area (TPSA) is 57.5 Å². The number of hydrogen-bond acceptors (Lipinski definition) is 4. The molecule has 1 aliphatic rings. The average molecular weight is 434 g/mol. The summed E-state index contributed by atoms with van der Waals surface area (Å²) in [6.45, 7) is 8.39. The van der Waals surface area contributed by atoms with Crippen LogP contribution in [0.15, 0.2) is 33.7 Å². The lowest BCUT2D eigenvalue weighted by Crippen LogP contribution is -2.33. The lowest BCUT2D eigenvalue weighted by Gasteiger charge is -2.39. The minimum atomic E-state index is -0.620. The highest BCUT2D eigenvalue weighted by atomic mass is 79.9. The summed E-state index contributed by atoms with van der Waals surface area (Å²) in [5.74, 6) is -0.441. The fourth-order valence-corrected chi connectivity index (χ4v) is 4.06. The molecule has 0 amide bonds. The minimum Gasteiger partial charge on any atom is -0.491 e. The van der Waals surface area contributed by atoms with Crippen molar-refractivity contribution in [2.24, 2.45) is 5.41 Å². The van der Waals surface area contributed by atoms with Gasteiger partial charge in [-0.15, -0.1) is 0 Å². The Balaban J connectivity index is 2.38. The monoisotopic (exact) mass is 433 g/mol. The minimum absolute atomic E-state index is 0.00672. The molecule has 27 heavy (non-hydrogen) atoms. The van der Waals surface area contributed by atoms with Gasteiger partial charge >= 0.3 is 5.97 Å². The average Bonchev–Trinajstić information content (AvgIpc) is 2.59. The molecule has 1 atom stereocenters. The highest BCUT2D eigenvalue weighted by molar-refractivity contribution is 9.10. The van der Waals surface area contributed by atoms with Crippen molar-refractivity contribution in [3.8, 4) is 17.0 Å². The number of carbonyl (C=O) groups excluding carboxylic acids is 1. The number of hydrogen-bond donors (Lipinski definition) is 0. The molecule has 1 aromatic carbocycles. The van der Waals surface area contributed by atoms with Crippen LogP contribution in [0.5, 0.6) is 5.75 Å². The van der Waals surface area contributed by atoms with Gasteiger partial charge in [-0.3, -0.25) is 4.79 Å². The summed E-state index contributed by atoms with van der Waals surface area (Å²) >= 11 is 3.54. The Morgan fingerprint density at radius 3 is 2.63 bits per heavy atom. The highest BCUT2D eigenvalue weighted by Gasteiger charge is 2.36. The standard InChI is InChI=1S/C21H24BrNO4/c1-6-27-20(25)15-11-23-16(21(2,3)4)10-12-9-13(22)7-8-14(12)17(23)19(26-5)18(15)24/h7-9,11,16H,6,10H2,1-5H3. The molecule has 0 aliphatic carbocycles. The molecule has 0 fully saturated rings. The number of fused-ring (bicyclic) bond motifs is 3. The second-order valence-electron chi connectivity index (χ2n) is 7.77. The van der Waals surface area contributed by atoms with Crippen LogP contribution in [0.2, 0.25) is 0 Å². The second-order valence-corrected chi connectivity index (χ2v) is 8.68. The van der Waals surface area contributed by atoms with E-state index in [-0.39, 0.29) is 29.4 Å². The summed E-state index contributed by atoms with van der Waals surface area (Å²) in [6.07, 6.45) is 2.43. The van der Waals surface area contributed by atoms with E-state index in [0.717, 1.165) is 22.0 Å². The maximum atomic E-state index is 13.0. The number of carbonyl (C=O) groups is 1. The van der Waals surface area contributed by atoms with E-state index in [1.165, 1.54) is 7.11 Å². The van der Waals surface area contributed by atoms with Crippen LogP contribution in [0.1, 0.15) is 49.7 Å². The largest absolute Gasteiger partial charge is 0.491 e. The van der Waals surface area contributed by atoms with Gasteiger partial charge in [0.05, 0.1) is 19.4 Å². The van der Waals surface area contributed by atoms with Crippen LogP contribution in [-0.4, -0.2) is 24.3 Å². The molecule has 0 spiro atoms. The first-order chi connectivity index (χ1) is 12.7. The molecule has 0 radical (unpaired) electrons. The van der Waals surface area contributed by atoms with Crippen LogP contribution < -0.4 is 10.2 Å². The van der Waals surface area contributed by atoms with Gasteiger partial charge in [-0.1, -0.05) is 42.8 Å². The lowest BCUT2D eigenvalue weighted by molar-refractivity contribution is 0.0522. The number of ether oxygens (including phenoxy) is 2. The molecular weight excluding hydrogens is 410 g/mol. The lowest BCUT2D eigenvalue weighted by atomic mass is 9.78. The van der Waals surface area contributed by atoms with Gasteiger partial charge in [-0.2, -0.15) is 0 Å². The van der Waals surface area contributed by atoms with Crippen molar-refractivity contribution in [2.75, 3.05) is 13.7 Å². The molecule has 5 nitrogen and oxygen atoms in total. The quantitative estimate of drug-likeness (QED) is 0.663. The fraction of sp³-hybridized carbons (Fsp3) is 0.429. The van der Waals surface area contributed by atoms with Crippen LogP contribution in [0, 0.1) is 5.41 Å².